The molecule has 2 aromatic rings. The van der Waals surface area contributed by atoms with E-state index < -0.39 is 0 Å². The number of benzene rings is 1. The summed E-state index contributed by atoms with van der Waals surface area (Å²) in [4.78, 5) is 0. The van der Waals surface area contributed by atoms with Gasteiger partial charge in [0.2, 0.25) is 0 Å². The highest BCUT2D eigenvalue weighted by Gasteiger charge is 2.16. The Morgan fingerprint density at radius 3 is 2.68 bits per heavy atom. The number of tetrazole rings is 1. The van der Waals surface area contributed by atoms with Crippen molar-refractivity contribution in [1.82, 2.24) is 20.2 Å². The van der Waals surface area contributed by atoms with E-state index in [1.54, 1.807) is 12.1 Å². The van der Waals surface area contributed by atoms with Crippen molar-refractivity contribution in [3.05, 3.63) is 23.2 Å². The van der Waals surface area contributed by atoms with Crippen molar-refractivity contribution in [2.45, 2.75) is 33.2 Å². The minimum Gasteiger partial charge on any atom is -0.398 e. The van der Waals surface area contributed by atoms with Crippen LogP contribution in [0.2, 0.25) is 5.02 Å². The lowest BCUT2D eigenvalue weighted by molar-refractivity contribution is 0.394. The summed E-state index contributed by atoms with van der Waals surface area (Å²) in [5.74, 6) is 1.30. The molecule has 0 fully saturated rings. The SMILES string of the molecule is CC(C)CC(C)n1nnnc1-c1ccc(Cl)c(N)c1. The molecule has 1 aromatic carbocycles. The summed E-state index contributed by atoms with van der Waals surface area (Å²) >= 11 is 5.93. The van der Waals surface area contributed by atoms with Crippen molar-refractivity contribution in [3.8, 4) is 11.4 Å². The van der Waals surface area contributed by atoms with Gasteiger partial charge in [0.15, 0.2) is 5.82 Å². The van der Waals surface area contributed by atoms with Gasteiger partial charge in [0.05, 0.1) is 16.8 Å². The van der Waals surface area contributed by atoms with Crippen molar-refractivity contribution >= 4 is 17.3 Å². The third kappa shape index (κ3) is 3.04. The number of hydrogen-bond acceptors (Lipinski definition) is 4. The number of halogens is 1. The van der Waals surface area contributed by atoms with Gasteiger partial charge in [-0.3, -0.25) is 0 Å². The average Bonchev–Trinajstić information content (AvgIpc) is 2.81. The van der Waals surface area contributed by atoms with Crippen LogP contribution in [0.15, 0.2) is 18.2 Å². The Morgan fingerprint density at radius 1 is 1.32 bits per heavy atom. The fourth-order valence-electron chi connectivity index (χ4n) is 2.15. The predicted molar refractivity (Wildman–Crippen MR) is 76.8 cm³/mol. The Hall–Kier alpha value is -1.62. The monoisotopic (exact) mass is 279 g/mol. The maximum atomic E-state index is 5.93. The number of nitrogens with two attached hydrogens (primary N) is 1. The highest BCUT2D eigenvalue weighted by atomic mass is 35.5. The number of rotatable bonds is 4. The minimum atomic E-state index is 0.238. The largest absolute Gasteiger partial charge is 0.398 e. The number of anilines is 1. The van der Waals surface area contributed by atoms with Gasteiger partial charge in [0, 0.05) is 5.56 Å². The molecule has 0 aliphatic rings. The third-order valence-corrected chi connectivity index (χ3v) is 3.32. The van der Waals surface area contributed by atoms with Crippen LogP contribution in [0.4, 0.5) is 5.69 Å². The lowest BCUT2D eigenvalue weighted by Crippen LogP contribution is -2.11. The highest BCUT2D eigenvalue weighted by Crippen LogP contribution is 2.27. The van der Waals surface area contributed by atoms with Crippen molar-refractivity contribution in [1.29, 1.82) is 0 Å². The second-order valence-corrected chi connectivity index (χ2v) is 5.57. The minimum absolute atomic E-state index is 0.238. The molecule has 1 unspecified atom stereocenters. The van der Waals surface area contributed by atoms with Gasteiger partial charge in [-0.15, -0.1) is 5.10 Å². The maximum absolute atomic E-state index is 5.93. The second kappa shape index (κ2) is 5.57. The molecular weight excluding hydrogens is 262 g/mol. The van der Waals surface area contributed by atoms with Gasteiger partial charge < -0.3 is 5.73 Å². The summed E-state index contributed by atoms with van der Waals surface area (Å²) in [5.41, 5.74) is 7.23. The van der Waals surface area contributed by atoms with Gasteiger partial charge in [-0.25, -0.2) is 4.68 Å². The Morgan fingerprint density at radius 2 is 2.05 bits per heavy atom. The van der Waals surface area contributed by atoms with Gasteiger partial charge in [-0.2, -0.15) is 0 Å². The zero-order chi connectivity index (χ0) is 14.0. The number of aromatic nitrogens is 4. The first-order valence-electron chi connectivity index (χ1n) is 6.32. The number of nitrogen functional groups attached to an aromatic ring is 1. The quantitative estimate of drug-likeness (QED) is 0.873. The van der Waals surface area contributed by atoms with Crippen LogP contribution in [0.5, 0.6) is 0 Å². The number of hydrogen-bond donors (Lipinski definition) is 1. The molecule has 0 radical (unpaired) electrons. The Balaban J connectivity index is 2.35. The van der Waals surface area contributed by atoms with E-state index in [2.05, 4.69) is 36.3 Å². The Labute approximate surface area is 117 Å². The maximum Gasteiger partial charge on any atom is 0.182 e. The molecule has 1 atom stereocenters. The van der Waals surface area contributed by atoms with Crippen LogP contribution in [0.3, 0.4) is 0 Å². The van der Waals surface area contributed by atoms with Gasteiger partial charge in [0.25, 0.3) is 0 Å². The molecular formula is C13H18ClN5. The fraction of sp³-hybridized carbons (Fsp3) is 0.462. The molecule has 0 aliphatic heterocycles. The molecule has 2 N–H and O–H groups in total. The summed E-state index contributed by atoms with van der Waals surface area (Å²) in [7, 11) is 0. The number of nitrogens with zero attached hydrogens (tertiary/aromatic N) is 4. The van der Waals surface area contributed by atoms with Crippen molar-refractivity contribution < 1.29 is 0 Å². The molecule has 0 spiro atoms. The first kappa shape index (κ1) is 13.8. The van der Waals surface area contributed by atoms with Gasteiger partial charge >= 0.3 is 0 Å². The third-order valence-electron chi connectivity index (χ3n) is 2.98. The van der Waals surface area contributed by atoms with E-state index in [4.69, 9.17) is 17.3 Å². The normalized spacial score (nSPS) is 12.9. The molecule has 0 saturated carbocycles. The first-order valence-corrected chi connectivity index (χ1v) is 6.70. The summed E-state index contributed by atoms with van der Waals surface area (Å²) < 4.78 is 1.84. The van der Waals surface area contributed by atoms with Crippen molar-refractivity contribution in [2.75, 3.05) is 5.73 Å². The molecule has 1 heterocycles. The van der Waals surface area contributed by atoms with E-state index in [-0.39, 0.29) is 6.04 Å². The molecule has 5 nitrogen and oxygen atoms in total. The lowest BCUT2D eigenvalue weighted by atomic mass is 10.1. The van der Waals surface area contributed by atoms with Crippen LogP contribution < -0.4 is 5.73 Å². The predicted octanol–water partition coefficient (Wildman–Crippen LogP) is 3.18. The standard InChI is InChI=1S/C13H18ClN5/c1-8(2)6-9(3)19-13(16-17-18-19)10-4-5-11(14)12(15)7-10/h4-5,7-9H,6,15H2,1-3H3. The zero-order valence-corrected chi connectivity index (χ0v) is 12.1. The Kier molecular flexibility index (Phi) is 4.04. The fourth-order valence-corrected chi connectivity index (χ4v) is 2.26. The molecule has 0 aliphatic carbocycles. The summed E-state index contributed by atoms with van der Waals surface area (Å²) in [6, 6.07) is 5.68. The molecule has 19 heavy (non-hydrogen) atoms. The summed E-state index contributed by atoms with van der Waals surface area (Å²) in [6.45, 7) is 6.47. The second-order valence-electron chi connectivity index (χ2n) is 5.16. The van der Waals surface area contributed by atoms with E-state index in [9.17, 15) is 0 Å². The van der Waals surface area contributed by atoms with E-state index in [1.165, 1.54) is 0 Å². The van der Waals surface area contributed by atoms with Crippen LogP contribution in [0, 0.1) is 5.92 Å². The van der Waals surface area contributed by atoms with E-state index >= 15 is 0 Å². The van der Waals surface area contributed by atoms with E-state index in [1.807, 2.05) is 10.7 Å². The molecule has 0 bridgehead atoms. The van der Waals surface area contributed by atoms with Crippen LogP contribution in [0.1, 0.15) is 33.2 Å². The van der Waals surface area contributed by atoms with Gasteiger partial charge in [-0.1, -0.05) is 25.4 Å². The topological polar surface area (TPSA) is 69.6 Å². The van der Waals surface area contributed by atoms with Gasteiger partial charge in [0.1, 0.15) is 0 Å². The lowest BCUT2D eigenvalue weighted by Gasteiger charge is -2.15. The smallest absolute Gasteiger partial charge is 0.182 e. The summed E-state index contributed by atoms with van der Waals surface area (Å²) in [6.07, 6.45) is 1.01. The van der Waals surface area contributed by atoms with E-state index in [0.29, 0.717) is 16.6 Å². The molecule has 0 amide bonds. The van der Waals surface area contributed by atoms with Crippen LogP contribution >= 0.6 is 11.6 Å². The highest BCUT2D eigenvalue weighted by molar-refractivity contribution is 6.33. The summed E-state index contributed by atoms with van der Waals surface area (Å²) in [5, 5.41) is 12.5. The molecule has 6 heteroatoms. The van der Waals surface area contributed by atoms with E-state index in [0.717, 1.165) is 17.8 Å². The van der Waals surface area contributed by atoms with Gasteiger partial charge in [-0.05, 0) is 47.9 Å². The average molecular weight is 280 g/mol. The first-order chi connectivity index (χ1) is 8.99. The van der Waals surface area contributed by atoms with Crippen molar-refractivity contribution in [2.24, 2.45) is 5.92 Å². The van der Waals surface area contributed by atoms with Crippen molar-refractivity contribution in [3.63, 3.8) is 0 Å². The zero-order valence-electron chi connectivity index (χ0n) is 11.3. The molecule has 0 saturated heterocycles. The van der Waals surface area contributed by atoms with Crippen LogP contribution in [0.25, 0.3) is 11.4 Å². The van der Waals surface area contributed by atoms with Crippen LogP contribution in [-0.4, -0.2) is 20.2 Å². The van der Waals surface area contributed by atoms with Crippen LogP contribution in [-0.2, 0) is 0 Å². The molecule has 1 aromatic heterocycles. The molecule has 102 valence electrons. The molecule has 2 rings (SSSR count). The Bertz CT molecular complexity index is 564.